The van der Waals surface area contributed by atoms with Crippen LogP contribution in [-0.4, -0.2) is 91.2 Å². The lowest BCUT2D eigenvalue weighted by Gasteiger charge is -2.49. The van der Waals surface area contributed by atoms with E-state index in [0.29, 0.717) is 16.7 Å². The summed E-state index contributed by atoms with van der Waals surface area (Å²) in [6.07, 6.45) is 5.62. The maximum absolute atomic E-state index is 15.5. The number of halogens is 2. The molecule has 0 bridgehead atoms. The van der Waals surface area contributed by atoms with Crippen molar-refractivity contribution in [1.29, 1.82) is 5.41 Å². The third-order valence-electron chi connectivity index (χ3n) is 9.04. The Morgan fingerprint density at radius 1 is 1.29 bits per heavy atom. The van der Waals surface area contributed by atoms with Gasteiger partial charge in [0.25, 0.3) is 11.8 Å². The van der Waals surface area contributed by atoms with Crippen LogP contribution in [0.4, 0.5) is 9.52 Å². The molecule has 2 saturated heterocycles. The van der Waals surface area contributed by atoms with Crippen LogP contribution in [-0.2, 0) is 32.3 Å². The van der Waals surface area contributed by atoms with Gasteiger partial charge in [-0.15, -0.1) is 23.1 Å². The molecule has 3 aromatic heterocycles. The average molecular weight is 753 g/mol. The summed E-state index contributed by atoms with van der Waals surface area (Å²) in [5.41, 5.74) is 8.36. The highest BCUT2D eigenvalue weighted by molar-refractivity contribution is 8.00. The number of anilines is 1. The van der Waals surface area contributed by atoms with Crippen molar-refractivity contribution in [1.82, 2.24) is 24.7 Å². The fourth-order valence-electron chi connectivity index (χ4n) is 6.59. The zero-order valence-electron chi connectivity index (χ0n) is 27.1. The van der Waals surface area contributed by atoms with Crippen LogP contribution < -0.4 is 15.6 Å². The fraction of sp³-hybridized carbons (Fsp3) is 0.303. The van der Waals surface area contributed by atoms with Crippen molar-refractivity contribution < 1.29 is 33.3 Å². The highest BCUT2D eigenvalue weighted by atomic mass is 35.5. The first-order chi connectivity index (χ1) is 24.5. The summed E-state index contributed by atoms with van der Waals surface area (Å²) in [5, 5.41) is 26.5. The van der Waals surface area contributed by atoms with E-state index in [4.69, 9.17) is 27.6 Å². The number of thiazole rings is 1. The van der Waals surface area contributed by atoms with Crippen LogP contribution >= 0.6 is 34.7 Å². The number of rotatable bonds is 10. The lowest BCUT2D eigenvalue weighted by Crippen LogP contribution is -2.71. The highest BCUT2D eigenvalue weighted by Gasteiger charge is 2.55. The number of carboxylic acids is 1. The molecule has 2 atom stereocenters. The van der Waals surface area contributed by atoms with E-state index in [1.807, 2.05) is 44.6 Å². The van der Waals surface area contributed by atoms with Crippen molar-refractivity contribution in [2.24, 2.45) is 5.16 Å². The first-order valence-electron chi connectivity index (χ1n) is 15.9. The minimum atomic E-state index is -1.26. The van der Waals surface area contributed by atoms with Gasteiger partial charge in [0.05, 0.1) is 6.54 Å². The van der Waals surface area contributed by atoms with Gasteiger partial charge in [0.15, 0.2) is 23.6 Å². The molecule has 0 saturated carbocycles. The molecule has 6 heterocycles. The number of hydrogen-bond acceptors (Lipinski definition) is 10. The Morgan fingerprint density at radius 3 is 2.76 bits per heavy atom. The standard InChI is InChI=1S/C33H31ClFN9O5S2/c1-49-40-25(22-16-51-33(37)38-22)29(45)39-26-30(46)44-27(32(47)48)18(15-50-31(26)44)13-42-9-4-5-23-24(42)6-10-43(23)14-19-20(34)11-17(12-21(19)35)28(36)41-7-2-3-8-41/h4-6,9-12,16,26,31,36H,2-3,7-8,13-15H2,1H3,(H3-,37,38,39,45,47,48)/p+1/b36-28?,40-25-/t26-,31-/m1/s1. The number of aromatic nitrogens is 3. The summed E-state index contributed by atoms with van der Waals surface area (Å²) in [6, 6.07) is 7.55. The first-order valence-corrected chi connectivity index (χ1v) is 18.2. The zero-order valence-corrected chi connectivity index (χ0v) is 29.5. The Labute approximate surface area is 303 Å². The monoisotopic (exact) mass is 752 g/mol. The first kappa shape index (κ1) is 34.4. The number of nitrogens with two attached hydrogens (primary N) is 1. The number of carbonyl (C=O) groups is 3. The summed E-state index contributed by atoms with van der Waals surface area (Å²) in [7, 11) is 1.27. The summed E-state index contributed by atoms with van der Waals surface area (Å²) in [4.78, 5) is 51.1. The quantitative estimate of drug-likeness (QED) is 0.0622. The number of thioether (sulfide) groups is 1. The third-order valence-corrected chi connectivity index (χ3v) is 11.4. The number of likely N-dealkylation sites (tertiary alicyclic amines) is 1. The molecule has 3 aliphatic rings. The molecule has 2 fully saturated rings. The average Bonchev–Trinajstić information content (AvgIpc) is 3.89. The van der Waals surface area contributed by atoms with Gasteiger partial charge in [0.2, 0.25) is 5.52 Å². The number of oxime groups is 1. The molecule has 0 radical (unpaired) electrons. The molecule has 0 spiro atoms. The van der Waals surface area contributed by atoms with Crippen molar-refractivity contribution in [3.8, 4) is 0 Å². The molecule has 14 nitrogen and oxygen atoms in total. The molecule has 51 heavy (non-hydrogen) atoms. The molecule has 0 aliphatic carbocycles. The van der Waals surface area contributed by atoms with Gasteiger partial charge < -0.3 is 30.5 Å². The van der Waals surface area contributed by atoms with Gasteiger partial charge in [-0.25, -0.2) is 14.2 Å². The number of nitrogen functional groups attached to an aromatic ring is 1. The topological polar surface area (TPSA) is 183 Å². The molecule has 4 aromatic rings. The molecule has 264 valence electrons. The Hall–Kier alpha value is -5.00. The van der Waals surface area contributed by atoms with E-state index in [1.54, 1.807) is 6.07 Å². The Bertz CT molecular complexity index is 2140. The lowest BCUT2D eigenvalue weighted by atomic mass is 10.0. The Morgan fingerprint density at radius 2 is 2.08 bits per heavy atom. The summed E-state index contributed by atoms with van der Waals surface area (Å²) in [5.74, 6) is -2.49. The number of amidine groups is 1. The van der Waals surface area contributed by atoms with E-state index >= 15 is 4.39 Å². The van der Waals surface area contributed by atoms with E-state index < -0.39 is 35.0 Å². The second-order valence-electron chi connectivity index (χ2n) is 12.1. The largest absolute Gasteiger partial charge is 0.477 e. The van der Waals surface area contributed by atoms with Crippen LogP contribution in [0.15, 0.2) is 64.5 Å². The number of amides is 2. The summed E-state index contributed by atoms with van der Waals surface area (Å²) in [6.45, 7) is 1.84. The number of carboxylic acid groups (broad SMARTS) is 1. The summed E-state index contributed by atoms with van der Waals surface area (Å²) < 4.78 is 19.2. The second-order valence-corrected chi connectivity index (χ2v) is 14.5. The normalized spacial score (nSPS) is 19.0. The van der Waals surface area contributed by atoms with Crippen LogP contribution in [0.5, 0.6) is 0 Å². The molecule has 2 amide bonds. The SMILES string of the molecule is CO/N=C(\C(=O)N[C@@H]1C(=O)N2C(C(=O)O)=C(C[n+]3cccc4c3ccn4Cc3c(F)cc(C(=N)N4CCCC4)cc3Cl)CS[C@H]12)c1csc(N)n1. The van der Waals surface area contributed by atoms with Crippen molar-refractivity contribution >= 4 is 80.2 Å². The molecular weight excluding hydrogens is 721 g/mol. The third kappa shape index (κ3) is 6.40. The number of β-lactam (4-membered cyclic amide) rings is 1. The molecule has 1 aromatic carbocycles. The van der Waals surface area contributed by atoms with E-state index in [1.165, 1.54) is 35.2 Å². The zero-order chi connectivity index (χ0) is 36.0. The number of nitrogens with one attached hydrogen (secondary N) is 2. The van der Waals surface area contributed by atoms with Crippen molar-refractivity contribution in [3.63, 3.8) is 0 Å². The van der Waals surface area contributed by atoms with Crippen molar-refractivity contribution in [3.05, 3.63) is 87.0 Å². The summed E-state index contributed by atoms with van der Waals surface area (Å²) >= 11 is 9.04. The Balaban J connectivity index is 1.10. The molecule has 3 aliphatic heterocycles. The number of fused-ring (bicyclic) bond motifs is 2. The number of pyridine rings is 1. The number of aliphatic carboxylic acids is 1. The molecule has 18 heteroatoms. The molecule has 5 N–H and O–H groups in total. The number of nitrogens with zero attached hydrogens (tertiary/aromatic N) is 6. The number of carbonyl (C=O) groups excluding carboxylic acids is 2. The smallest absolute Gasteiger partial charge is 0.352 e. The molecular formula is C33H32ClFN9O5S2+. The van der Waals surface area contributed by atoms with E-state index in [9.17, 15) is 19.5 Å². The predicted molar refractivity (Wildman–Crippen MR) is 190 cm³/mol. The fourth-order valence-corrected chi connectivity index (χ4v) is 8.74. The molecule has 0 unspecified atom stereocenters. The molecule has 7 rings (SSSR count). The van der Waals surface area contributed by atoms with Crippen molar-refractivity contribution in [2.75, 3.05) is 31.7 Å². The van der Waals surface area contributed by atoms with E-state index in [2.05, 4.69) is 15.5 Å². The van der Waals surface area contributed by atoms with Gasteiger partial charge in [0, 0.05) is 64.3 Å². The number of benzene rings is 1. The van der Waals surface area contributed by atoms with Gasteiger partial charge in [-0.05, 0) is 31.0 Å². The van der Waals surface area contributed by atoms with E-state index in [-0.39, 0.29) is 51.9 Å². The maximum Gasteiger partial charge on any atom is 0.352 e. The van der Waals surface area contributed by atoms with E-state index in [0.717, 1.165) is 48.3 Å². The van der Waals surface area contributed by atoms with Gasteiger partial charge in [-0.3, -0.25) is 19.9 Å². The minimum absolute atomic E-state index is 0.135. The van der Waals surface area contributed by atoms with Gasteiger partial charge in [0.1, 0.15) is 47.1 Å². The minimum Gasteiger partial charge on any atom is -0.477 e. The van der Waals surface area contributed by atoms with Gasteiger partial charge in [-0.2, -0.15) is 4.57 Å². The van der Waals surface area contributed by atoms with Crippen LogP contribution in [0.3, 0.4) is 0 Å². The van der Waals surface area contributed by atoms with Crippen molar-refractivity contribution in [2.45, 2.75) is 37.3 Å². The second kappa shape index (κ2) is 14.0. The van der Waals surface area contributed by atoms with Gasteiger partial charge >= 0.3 is 5.97 Å². The van der Waals surface area contributed by atoms with Gasteiger partial charge in [-0.1, -0.05) is 16.8 Å². The maximum atomic E-state index is 15.5. The van der Waals surface area contributed by atoms with Crippen LogP contribution in [0.2, 0.25) is 5.02 Å². The Kier molecular flexibility index (Phi) is 9.43. The number of hydrogen-bond donors (Lipinski definition) is 4. The van der Waals surface area contributed by atoms with Crippen LogP contribution in [0.1, 0.15) is 29.7 Å². The van der Waals surface area contributed by atoms with Crippen LogP contribution in [0, 0.1) is 11.2 Å². The lowest BCUT2D eigenvalue weighted by molar-refractivity contribution is -0.663. The predicted octanol–water partition coefficient (Wildman–Crippen LogP) is 3.02. The highest BCUT2D eigenvalue weighted by Crippen LogP contribution is 2.40. The van der Waals surface area contributed by atoms with Crippen LogP contribution in [0.25, 0.3) is 11.0 Å².